The van der Waals surface area contributed by atoms with Crippen LogP contribution in [0.5, 0.6) is 0 Å². The number of hydrogen-bond acceptors (Lipinski definition) is 3. The van der Waals surface area contributed by atoms with Crippen molar-refractivity contribution in [2.24, 2.45) is 5.92 Å². The Hall–Kier alpha value is -0.710. The molecule has 1 heterocycles. The third-order valence-corrected chi connectivity index (χ3v) is 4.34. The van der Waals surface area contributed by atoms with E-state index in [1.807, 2.05) is 25.7 Å². The first kappa shape index (κ1) is 16.3. The molecule has 1 aliphatic rings. The summed E-state index contributed by atoms with van der Waals surface area (Å²) in [5.74, 6) is 1.22. The quantitative estimate of drug-likeness (QED) is 0.811. The van der Waals surface area contributed by atoms with Crippen LogP contribution in [-0.4, -0.2) is 46.8 Å². The number of piperazine rings is 1. The average molecular weight is 286 g/mol. The molecule has 0 aromatic rings. The molecule has 0 aromatic carbocycles. The predicted molar refractivity (Wildman–Crippen MR) is 80.2 cm³/mol. The Morgan fingerprint density at radius 1 is 1.32 bits per heavy atom. The first-order chi connectivity index (χ1) is 8.93. The molecule has 0 radical (unpaired) electrons. The topological polar surface area (TPSA) is 49.4 Å². The van der Waals surface area contributed by atoms with Gasteiger partial charge in [0.15, 0.2) is 0 Å². The van der Waals surface area contributed by atoms with E-state index in [9.17, 15) is 9.59 Å². The van der Waals surface area contributed by atoms with E-state index in [0.29, 0.717) is 6.42 Å². The van der Waals surface area contributed by atoms with Gasteiger partial charge in [0, 0.05) is 6.04 Å². The minimum absolute atomic E-state index is 0.00236. The van der Waals surface area contributed by atoms with Gasteiger partial charge in [0.1, 0.15) is 12.1 Å². The summed E-state index contributed by atoms with van der Waals surface area (Å²) in [7, 11) is 0. The first-order valence-corrected chi connectivity index (χ1v) is 8.44. The minimum atomic E-state index is -0.348. The molecular weight excluding hydrogens is 260 g/mol. The number of thioether (sulfide) groups is 1. The molecule has 3 unspecified atom stereocenters. The predicted octanol–water partition coefficient (Wildman–Crippen LogP) is 1.89. The summed E-state index contributed by atoms with van der Waals surface area (Å²) in [4.78, 5) is 26.6. The van der Waals surface area contributed by atoms with Crippen LogP contribution in [0.4, 0.5) is 0 Å². The molecular formula is C14H26N2O2S. The van der Waals surface area contributed by atoms with E-state index < -0.39 is 0 Å². The van der Waals surface area contributed by atoms with Crippen LogP contribution in [0.25, 0.3) is 0 Å². The Labute approximate surface area is 120 Å². The molecule has 0 aromatic heterocycles. The maximum Gasteiger partial charge on any atom is 0.246 e. The average Bonchev–Trinajstić information content (AvgIpc) is 2.37. The van der Waals surface area contributed by atoms with Crippen molar-refractivity contribution in [1.82, 2.24) is 10.2 Å². The number of nitrogens with one attached hydrogen (secondary N) is 1. The first-order valence-electron chi connectivity index (χ1n) is 7.05. The van der Waals surface area contributed by atoms with Gasteiger partial charge in [0.05, 0.1) is 0 Å². The SMILES string of the molecule is CCC1NC(=O)C(C(C)C)N(C(C)CCSC)C1=O. The van der Waals surface area contributed by atoms with Crippen molar-refractivity contribution in [1.29, 1.82) is 0 Å². The zero-order valence-electron chi connectivity index (χ0n) is 12.6. The summed E-state index contributed by atoms with van der Waals surface area (Å²) < 4.78 is 0. The third-order valence-electron chi connectivity index (χ3n) is 3.69. The Balaban J connectivity index is 2.95. The normalized spacial score (nSPS) is 25.7. The van der Waals surface area contributed by atoms with Gasteiger partial charge in [-0.2, -0.15) is 11.8 Å². The molecule has 1 N–H and O–H groups in total. The molecule has 0 aliphatic carbocycles. The fourth-order valence-electron chi connectivity index (χ4n) is 2.58. The Morgan fingerprint density at radius 2 is 1.95 bits per heavy atom. The van der Waals surface area contributed by atoms with Gasteiger partial charge in [-0.15, -0.1) is 0 Å². The van der Waals surface area contributed by atoms with Crippen molar-refractivity contribution in [2.45, 2.75) is 58.7 Å². The fourth-order valence-corrected chi connectivity index (χ4v) is 3.16. The van der Waals surface area contributed by atoms with Crippen molar-refractivity contribution in [2.75, 3.05) is 12.0 Å². The number of hydrogen-bond donors (Lipinski definition) is 1. The zero-order valence-corrected chi connectivity index (χ0v) is 13.4. The van der Waals surface area contributed by atoms with Crippen LogP contribution in [0, 0.1) is 5.92 Å². The van der Waals surface area contributed by atoms with E-state index in [-0.39, 0.29) is 35.9 Å². The van der Waals surface area contributed by atoms with Crippen LogP contribution in [-0.2, 0) is 9.59 Å². The summed E-state index contributed by atoms with van der Waals surface area (Å²) in [5.41, 5.74) is 0. The zero-order chi connectivity index (χ0) is 14.6. The van der Waals surface area contributed by atoms with Gasteiger partial charge >= 0.3 is 0 Å². The largest absolute Gasteiger partial charge is 0.343 e. The van der Waals surface area contributed by atoms with Crippen molar-refractivity contribution >= 4 is 23.6 Å². The van der Waals surface area contributed by atoms with E-state index in [0.717, 1.165) is 12.2 Å². The van der Waals surface area contributed by atoms with Crippen LogP contribution in [0.1, 0.15) is 40.5 Å². The van der Waals surface area contributed by atoms with Crippen LogP contribution in [0.15, 0.2) is 0 Å². The van der Waals surface area contributed by atoms with Crippen molar-refractivity contribution in [3.8, 4) is 0 Å². The maximum atomic E-state index is 12.5. The van der Waals surface area contributed by atoms with Gasteiger partial charge in [-0.1, -0.05) is 20.8 Å². The van der Waals surface area contributed by atoms with Gasteiger partial charge in [-0.25, -0.2) is 0 Å². The lowest BCUT2D eigenvalue weighted by Crippen LogP contribution is -2.66. The van der Waals surface area contributed by atoms with E-state index in [2.05, 4.69) is 18.5 Å². The molecule has 3 atom stereocenters. The smallest absolute Gasteiger partial charge is 0.246 e. The van der Waals surface area contributed by atoms with Crippen molar-refractivity contribution < 1.29 is 9.59 Å². The van der Waals surface area contributed by atoms with Gasteiger partial charge < -0.3 is 10.2 Å². The summed E-state index contributed by atoms with van der Waals surface area (Å²) in [6.45, 7) is 7.98. The van der Waals surface area contributed by atoms with E-state index in [1.165, 1.54) is 0 Å². The summed E-state index contributed by atoms with van der Waals surface area (Å²) >= 11 is 1.77. The third kappa shape index (κ3) is 3.65. The van der Waals surface area contributed by atoms with Gasteiger partial charge in [-0.3, -0.25) is 9.59 Å². The lowest BCUT2D eigenvalue weighted by Gasteiger charge is -2.44. The molecule has 1 saturated heterocycles. The minimum Gasteiger partial charge on any atom is -0.343 e. The Kier molecular flexibility index (Phi) is 6.17. The number of carbonyl (C=O) groups excluding carboxylic acids is 2. The number of nitrogens with zero attached hydrogens (tertiary/aromatic N) is 1. The lowest BCUT2D eigenvalue weighted by atomic mass is 9.94. The van der Waals surface area contributed by atoms with Crippen LogP contribution >= 0.6 is 11.8 Å². The lowest BCUT2D eigenvalue weighted by molar-refractivity contribution is -0.153. The summed E-state index contributed by atoms with van der Waals surface area (Å²) in [6.07, 6.45) is 3.65. The highest BCUT2D eigenvalue weighted by atomic mass is 32.2. The summed E-state index contributed by atoms with van der Waals surface area (Å²) in [6, 6.07) is -0.557. The molecule has 110 valence electrons. The number of amides is 2. The standard InChI is InChI=1S/C14H26N2O2S/c1-6-11-14(18)16(10(4)7-8-19-5)12(9(2)3)13(17)15-11/h9-12H,6-8H2,1-5H3,(H,15,17). The Bertz CT molecular complexity index is 333. The summed E-state index contributed by atoms with van der Waals surface area (Å²) in [5, 5.41) is 2.85. The second-order valence-electron chi connectivity index (χ2n) is 5.53. The second-order valence-corrected chi connectivity index (χ2v) is 6.52. The van der Waals surface area contributed by atoms with E-state index in [4.69, 9.17) is 0 Å². The molecule has 1 aliphatic heterocycles. The molecule has 2 amide bonds. The van der Waals surface area contributed by atoms with Gasteiger partial charge in [-0.05, 0) is 37.7 Å². The molecule has 5 heteroatoms. The molecule has 19 heavy (non-hydrogen) atoms. The number of rotatable bonds is 6. The Morgan fingerprint density at radius 3 is 2.42 bits per heavy atom. The highest BCUT2D eigenvalue weighted by molar-refractivity contribution is 7.98. The molecule has 1 fully saturated rings. The van der Waals surface area contributed by atoms with Crippen LogP contribution < -0.4 is 5.32 Å². The second kappa shape index (κ2) is 7.17. The van der Waals surface area contributed by atoms with Gasteiger partial charge in [0.2, 0.25) is 11.8 Å². The van der Waals surface area contributed by atoms with Crippen molar-refractivity contribution in [3.63, 3.8) is 0 Å². The highest BCUT2D eigenvalue weighted by Crippen LogP contribution is 2.23. The number of carbonyl (C=O) groups is 2. The molecule has 1 rings (SSSR count). The van der Waals surface area contributed by atoms with Gasteiger partial charge in [0.25, 0.3) is 0 Å². The fraction of sp³-hybridized carbons (Fsp3) is 0.857. The molecule has 0 spiro atoms. The van der Waals surface area contributed by atoms with Crippen molar-refractivity contribution in [3.05, 3.63) is 0 Å². The van der Waals surface area contributed by atoms with E-state index in [1.54, 1.807) is 11.8 Å². The molecule has 4 nitrogen and oxygen atoms in total. The van der Waals surface area contributed by atoms with Crippen LogP contribution in [0.3, 0.4) is 0 Å². The van der Waals surface area contributed by atoms with Crippen LogP contribution in [0.2, 0.25) is 0 Å². The maximum absolute atomic E-state index is 12.5. The highest BCUT2D eigenvalue weighted by Gasteiger charge is 2.42. The van der Waals surface area contributed by atoms with E-state index >= 15 is 0 Å². The molecule has 0 bridgehead atoms. The monoisotopic (exact) mass is 286 g/mol. The molecule has 0 saturated carbocycles.